The zero-order valence-electron chi connectivity index (χ0n) is 10.8. The van der Waals surface area contributed by atoms with E-state index in [0.29, 0.717) is 5.75 Å². The summed E-state index contributed by atoms with van der Waals surface area (Å²) in [5.74, 6) is 0.702. The lowest BCUT2D eigenvalue weighted by Crippen LogP contribution is -2.32. The minimum atomic E-state index is -3.34. The zero-order chi connectivity index (χ0) is 13.8. The molecule has 4 nitrogen and oxygen atoms in total. The summed E-state index contributed by atoms with van der Waals surface area (Å²) in [5, 5.41) is 0. The van der Waals surface area contributed by atoms with Gasteiger partial charge < -0.3 is 4.74 Å². The minimum absolute atomic E-state index is 0.0649. The molecule has 0 heterocycles. The lowest BCUT2D eigenvalue weighted by molar-refractivity contribution is 0.367. The summed E-state index contributed by atoms with van der Waals surface area (Å²) in [5.41, 5.74) is 0.834. The SMILES string of the molecule is COc1ccccc1C(C)N(C)S(=O)(=O)CCCl. The Morgan fingerprint density at radius 1 is 1.39 bits per heavy atom. The van der Waals surface area contributed by atoms with Gasteiger partial charge >= 0.3 is 0 Å². The largest absolute Gasteiger partial charge is 0.496 e. The first kappa shape index (κ1) is 15.3. The van der Waals surface area contributed by atoms with Crippen LogP contribution in [0.15, 0.2) is 24.3 Å². The molecule has 1 aromatic carbocycles. The molecule has 0 aromatic heterocycles. The van der Waals surface area contributed by atoms with Gasteiger partial charge in [0.1, 0.15) is 5.75 Å². The Balaban J connectivity index is 3.03. The number of rotatable bonds is 6. The molecule has 0 saturated heterocycles. The van der Waals surface area contributed by atoms with E-state index in [4.69, 9.17) is 16.3 Å². The van der Waals surface area contributed by atoms with Crippen molar-refractivity contribution in [3.05, 3.63) is 29.8 Å². The topological polar surface area (TPSA) is 46.6 Å². The van der Waals surface area contributed by atoms with Gasteiger partial charge in [-0.2, -0.15) is 4.31 Å². The number of ether oxygens (including phenoxy) is 1. The second-order valence-corrected chi connectivity index (χ2v) is 6.47. The second kappa shape index (κ2) is 6.41. The number of methoxy groups -OCH3 is 1. The summed E-state index contributed by atoms with van der Waals surface area (Å²) in [4.78, 5) is 0. The molecule has 102 valence electrons. The van der Waals surface area contributed by atoms with Crippen molar-refractivity contribution in [2.75, 3.05) is 25.8 Å². The molecule has 0 aliphatic carbocycles. The van der Waals surface area contributed by atoms with Gasteiger partial charge in [-0.05, 0) is 13.0 Å². The highest BCUT2D eigenvalue weighted by Crippen LogP contribution is 2.29. The Labute approximate surface area is 114 Å². The number of hydrogen-bond acceptors (Lipinski definition) is 3. The molecule has 6 heteroatoms. The first-order chi connectivity index (χ1) is 8.44. The Bertz CT molecular complexity index is 490. The van der Waals surface area contributed by atoms with Gasteiger partial charge in [0.25, 0.3) is 0 Å². The Kier molecular flexibility index (Phi) is 5.44. The van der Waals surface area contributed by atoms with E-state index in [9.17, 15) is 8.42 Å². The predicted octanol–water partition coefficient (Wildman–Crippen LogP) is 2.26. The van der Waals surface area contributed by atoms with Crippen LogP contribution >= 0.6 is 11.6 Å². The molecule has 1 atom stereocenters. The van der Waals surface area contributed by atoms with Crippen molar-refractivity contribution in [1.29, 1.82) is 0 Å². The Hall–Kier alpha value is -0.780. The third-order valence-corrected chi connectivity index (χ3v) is 5.24. The third kappa shape index (κ3) is 3.37. The van der Waals surface area contributed by atoms with Gasteiger partial charge in [-0.15, -0.1) is 11.6 Å². The van der Waals surface area contributed by atoms with E-state index in [1.807, 2.05) is 31.2 Å². The van der Waals surface area contributed by atoms with Crippen molar-refractivity contribution in [2.45, 2.75) is 13.0 Å². The molecule has 1 unspecified atom stereocenters. The number of sulfonamides is 1. The van der Waals surface area contributed by atoms with Crippen molar-refractivity contribution in [2.24, 2.45) is 0 Å². The molecule has 0 aliphatic heterocycles. The molecule has 1 aromatic rings. The molecule has 0 N–H and O–H groups in total. The first-order valence-corrected chi connectivity index (χ1v) is 7.73. The lowest BCUT2D eigenvalue weighted by Gasteiger charge is -2.25. The minimum Gasteiger partial charge on any atom is -0.496 e. The first-order valence-electron chi connectivity index (χ1n) is 5.58. The van der Waals surface area contributed by atoms with Crippen molar-refractivity contribution in [1.82, 2.24) is 4.31 Å². The molecular formula is C12H18ClNO3S. The lowest BCUT2D eigenvalue weighted by atomic mass is 10.1. The fourth-order valence-electron chi connectivity index (χ4n) is 1.69. The van der Waals surface area contributed by atoms with Gasteiger partial charge in [0.2, 0.25) is 10.0 Å². The Morgan fingerprint density at radius 2 is 2.00 bits per heavy atom. The summed E-state index contributed by atoms with van der Waals surface area (Å²) in [6.45, 7) is 1.82. The van der Waals surface area contributed by atoms with Gasteiger partial charge in [-0.1, -0.05) is 18.2 Å². The van der Waals surface area contributed by atoms with Crippen LogP contribution in [0.1, 0.15) is 18.5 Å². The maximum Gasteiger partial charge on any atom is 0.215 e. The summed E-state index contributed by atoms with van der Waals surface area (Å²) < 4.78 is 30.5. The van der Waals surface area contributed by atoms with Gasteiger partial charge in [-0.3, -0.25) is 0 Å². The van der Waals surface area contributed by atoms with Crippen LogP contribution in [-0.2, 0) is 10.0 Å². The van der Waals surface area contributed by atoms with Gasteiger partial charge in [0.05, 0.1) is 18.9 Å². The van der Waals surface area contributed by atoms with Crippen LogP contribution in [0.4, 0.5) is 0 Å². The molecule has 0 aliphatic rings. The number of benzene rings is 1. The molecule has 0 radical (unpaired) electrons. The van der Waals surface area contributed by atoms with E-state index in [1.165, 1.54) is 4.31 Å². The highest BCUT2D eigenvalue weighted by Gasteiger charge is 2.25. The van der Waals surface area contributed by atoms with Crippen molar-refractivity contribution >= 4 is 21.6 Å². The Morgan fingerprint density at radius 3 is 2.56 bits per heavy atom. The van der Waals surface area contributed by atoms with Crippen LogP contribution in [0.25, 0.3) is 0 Å². The average molecular weight is 292 g/mol. The van der Waals surface area contributed by atoms with Gasteiger partial charge in [0.15, 0.2) is 0 Å². The molecule has 0 spiro atoms. The molecular weight excluding hydrogens is 274 g/mol. The molecule has 0 fully saturated rings. The standard InChI is InChI=1S/C12H18ClNO3S/c1-10(14(2)18(15,16)9-8-13)11-6-4-5-7-12(11)17-3/h4-7,10H,8-9H2,1-3H3. The van der Waals surface area contributed by atoms with Crippen LogP contribution < -0.4 is 4.74 Å². The highest BCUT2D eigenvalue weighted by atomic mass is 35.5. The number of alkyl halides is 1. The smallest absolute Gasteiger partial charge is 0.215 e. The van der Waals surface area contributed by atoms with Crippen molar-refractivity contribution in [3.8, 4) is 5.75 Å². The maximum absolute atomic E-state index is 11.9. The predicted molar refractivity (Wildman–Crippen MR) is 73.7 cm³/mol. The number of halogens is 1. The number of para-hydroxylation sites is 1. The average Bonchev–Trinajstić information content (AvgIpc) is 2.36. The molecule has 0 bridgehead atoms. The fourth-order valence-corrected chi connectivity index (χ4v) is 3.35. The van der Waals surface area contributed by atoms with E-state index in [1.54, 1.807) is 14.2 Å². The number of nitrogens with zero attached hydrogens (tertiary/aromatic N) is 1. The highest BCUT2D eigenvalue weighted by molar-refractivity contribution is 7.89. The van der Waals surface area contributed by atoms with Gasteiger partial charge in [-0.25, -0.2) is 8.42 Å². The van der Waals surface area contributed by atoms with E-state index >= 15 is 0 Å². The summed E-state index contributed by atoms with van der Waals surface area (Å²) in [7, 11) is -0.214. The number of hydrogen-bond donors (Lipinski definition) is 0. The molecule has 0 saturated carbocycles. The van der Waals surface area contributed by atoms with Gasteiger partial charge in [0, 0.05) is 18.5 Å². The quantitative estimate of drug-likeness (QED) is 0.755. The van der Waals surface area contributed by atoms with E-state index in [0.717, 1.165) is 5.56 Å². The van der Waals surface area contributed by atoms with Crippen LogP contribution in [0, 0.1) is 0 Å². The molecule has 1 rings (SSSR count). The molecule has 0 amide bonds. The van der Waals surface area contributed by atoms with E-state index < -0.39 is 10.0 Å². The second-order valence-electron chi connectivity index (χ2n) is 3.94. The maximum atomic E-state index is 11.9. The van der Waals surface area contributed by atoms with E-state index in [-0.39, 0.29) is 17.7 Å². The summed E-state index contributed by atoms with van der Waals surface area (Å²) >= 11 is 5.51. The van der Waals surface area contributed by atoms with Crippen molar-refractivity contribution in [3.63, 3.8) is 0 Å². The normalized spacial score (nSPS) is 13.6. The summed E-state index contributed by atoms with van der Waals surface area (Å²) in [6, 6.07) is 7.08. The van der Waals surface area contributed by atoms with Crippen LogP contribution in [0.2, 0.25) is 0 Å². The van der Waals surface area contributed by atoms with Crippen molar-refractivity contribution < 1.29 is 13.2 Å². The summed E-state index contributed by atoms with van der Waals surface area (Å²) in [6.07, 6.45) is 0. The third-order valence-electron chi connectivity index (χ3n) is 2.91. The zero-order valence-corrected chi connectivity index (χ0v) is 12.3. The van der Waals surface area contributed by atoms with Crippen LogP contribution in [-0.4, -0.2) is 38.5 Å². The van der Waals surface area contributed by atoms with E-state index in [2.05, 4.69) is 0 Å². The molecule has 18 heavy (non-hydrogen) atoms. The van der Waals surface area contributed by atoms with Crippen LogP contribution in [0.5, 0.6) is 5.75 Å². The fraction of sp³-hybridized carbons (Fsp3) is 0.500. The van der Waals surface area contributed by atoms with Crippen LogP contribution in [0.3, 0.4) is 0 Å². The monoisotopic (exact) mass is 291 g/mol.